The van der Waals surface area contributed by atoms with Gasteiger partial charge in [-0.3, -0.25) is 4.79 Å². The van der Waals surface area contributed by atoms with Crippen LogP contribution in [-0.4, -0.2) is 36.0 Å². The SMILES string of the molecule is CO[C@H]1CC[C@@]2(C)[C@@H](CC[C@@H]3[C@@H]2CC[C@]2(C)[C@@H](c4ccoc4)[C@@H](OC(C)=O)C[C@]32O)C1. The first-order valence-corrected chi connectivity index (χ1v) is 12.2. The molecule has 0 amide bonds. The molecule has 0 bridgehead atoms. The highest BCUT2D eigenvalue weighted by Gasteiger charge is 2.70. The summed E-state index contributed by atoms with van der Waals surface area (Å²) in [5.74, 6) is 1.14. The van der Waals surface area contributed by atoms with Gasteiger partial charge in [-0.1, -0.05) is 13.8 Å². The van der Waals surface area contributed by atoms with Crippen molar-refractivity contribution in [1.29, 1.82) is 0 Å². The third kappa shape index (κ3) is 2.98. The molecule has 0 spiro atoms. The summed E-state index contributed by atoms with van der Waals surface area (Å²) < 4.78 is 17.0. The van der Waals surface area contributed by atoms with Crippen LogP contribution >= 0.6 is 0 Å². The molecule has 1 aromatic rings. The number of carbonyl (C=O) groups is 1. The lowest BCUT2D eigenvalue weighted by molar-refractivity contribution is -0.206. The maximum absolute atomic E-state index is 12.5. The minimum atomic E-state index is -0.829. The highest BCUT2D eigenvalue weighted by atomic mass is 16.5. The Labute approximate surface area is 185 Å². The average molecular weight is 431 g/mol. The van der Waals surface area contributed by atoms with Gasteiger partial charge in [-0.15, -0.1) is 0 Å². The van der Waals surface area contributed by atoms with Crippen LogP contribution in [0.4, 0.5) is 0 Å². The molecule has 0 radical (unpaired) electrons. The average Bonchev–Trinajstić information content (AvgIpc) is 3.31. The number of carbonyl (C=O) groups excluding carboxylic acids is 1. The first-order valence-electron chi connectivity index (χ1n) is 12.2. The molecule has 31 heavy (non-hydrogen) atoms. The predicted octanol–water partition coefficient (Wildman–Crippen LogP) is 5.08. The van der Waals surface area contributed by atoms with Crippen molar-refractivity contribution in [3.05, 3.63) is 24.2 Å². The maximum Gasteiger partial charge on any atom is 0.302 e. The third-order valence-corrected chi connectivity index (χ3v) is 10.3. The number of ether oxygens (including phenoxy) is 2. The van der Waals surface area contributed by atoms with E-state index in [0.29, 0.717) is 24.4 Å². The van der Waals surface area contributed by atoms with Crippen molar-refractivity contribution in [2.45, 2.75) is 95.9 Å². The molecule has 9 atom stereocenters. The van der Waals surface area contributed by atoms with Gasteiger partial charge in [-0.25, -0.2) is 0 Å². The first kappa shape index (κ1) is 21.5. The molecule has 4 aliphatic rings. The van der Waals surface area contributed by atoms with E-state index in [1.807, 2.05) is 13.2 Å². The molecule has 0 aromatic carbocycles. The molecule has 172 valence electrons. The Kier molecular flexibility index (Phi) is 5.10. The smallest absolute Gasteiger partial charge is 0.302 e. The zero-order valence-corrected chi connectivity index (χ0v) is 19.4. The Morgan fingerprint density at radius 2 is 1.97 bits per heavy atom. The highest BCUT2D eigenvalue weighted by molar-refractivity contribution is 5.66. The highest BCUT2D eigenvalue weighted by Crippen LogP contribution is 2.71. The number of fused-ring (bicyclic) bond motifs is 5. The van der Waals surface area contributed by atoms with E-state index in [1.54, 1.807) is 12.5 Å². The summed E-state index contributed by atoms with van der Waals surface area (Å²) in [6, 6.07) is 1.98. The lowest BCUT2D eigenvalue weighted by atomic mass is 9.43. The summed E-state index contributed by atoms with van der Waals surface area (Å²) in [6.45, 7) is 6.20. The minimum absolute atomic E-state index is 0.0316. The van der Waals surface area contributed by atoms with Crippen LogP contribution in [0.15, 0.2) is 23.0 Å². The molecule has 0 saturated heterocycles. The summed E-state index contributed by atoms with van der Waals surface area (Å²) in [6.07, 6.45) is 11.8. The van der Waals surface area contributed by atoms with Gasteiger partial charge in [0.15, 0.2) is 0 Å². The van der Waals surface area contributed by atoms with Crippen molar-refractivity contribution in [3.63, 3.8) is 0 Å². The molecule has 5 rings (SSSR count). The molecular weight excluding hydrogens is 392 g/mol. The molecule has 4 fully saturated rings. The van der Waals surface area contributed by atoms with Gasteiger partial charge < -0.3 is 19.0 Å². The topological polar surface area (TPSA) is 68.9 Å². The Morgan fingerprint density at radius 1 is 1.16 bits per heavy atom. The van der Waals surface area contributed by atoms with Gasteiger partial charge >= 0.3 is 5.97 Å². The van der Waals surface area contributed by atoms with Crippen LogP contribution < -0.4 is 0 Å². The van der Waals surface area contributed by atoms with Crippen LogP contribution in [0.3, 0.4) is 0 Å². The Balaban J connectivity index is 1.51. The second-order valence-corrected chi connectivity index (χ2v) is 11.4. The van der Waals surface area contributed by atoms with E-state index < -0.39 is 5.60 Å². The van der Waals surface area contributed by atoms with E-state index in [4.69, 9.17) is 13.9 Å². The molecule has 5 heteroatoms. The second kappa shape index (κ2) is 7.34. The summed E-state index contributed by atoms with van der Waals surface area (Å²) in [7, 11) is 1.84. The fraction of sp³-hybridized carbons (Fsp3) is 0.808. The third-order valence-electron chi connectivity index (χ3n) is 10.3. The van der Waals surface area contributed by atoms with Gasteiger partial charge in [0.25, 0.3) is 0 Å². The first-order chi connectivity index (χ1) is 14.7. The van der Waals surface area contributed by atoms with Crippen LogP contribution in [0, 0.1) is 28.6 Å². The quantitative estimate of drug-likeness (QED) is 0.678. The molecular formula is C26H38O5. The maximum atomic E-state index is 12.5. The molecule has 5 nitrogen and oxygen atoms in total. The second-order valence-electron chi connectivity index (χ2n) is 11.4. The number of methoxy groups -OCH3 is 1. The number of esters is 1. The fourth-order valence-corrected chi connectivity index (χ4v) is 8.77. The van der Waals surface area contributed by atoms with Crippen molar-refractivity contribution in [2.75, 3.05) is 7.11 Å². The van der Waals surface area contributed by atoms with E-state index in [1.165, 1.54) is 13.3 Å². The van der Waals surface area contributed by atoms with Crippen LogP contribution in [0.5, 0.6) is 0 Å². The van der Waals surface area contributed by atoms with Crippen LogP contribution in [-0.2, 0) is 14.3 Å². The summed E-state index contributed by atoms with van der Waals surface area (Å²) in [5, 5.41) is 12.5. The molecule has 4 saturated carbocycles. The predicted molar refractivity (Wildman–Crippen MR) is 116 cm³/mol. The minimum Gasteiger partial charge on any atom is -0.472 e. The van der Waals surface area contributed by atoms with Gasteiger partial charge in [0.1, 0.15) is 6.10 Å². The zero-order valence-electron chi connectivity index (χ0n) is 19.4. The Morgan fingerprint density at radius 3 is 2.65 bits per heavy atom. The Hall–Kier alpha value is -1.33. The summed E-state index contributed by atoms with van der Waals surface area (Å²) in [4.78, 5) is 12.0. The van der Waals surface area contributed by atoms with Crippen molar-refractivity contribution in [1.82, 2.24) is 0 Å². The molecule has 1 N–H and O–H groups in total. The van der Waals surface area contributed by atoms with Gasteiger partial charge in [0.05, 0.1) is 24.2 Å². The van der Waals surface area contributed by atoms with E-state index >= 15 is 0 Å². The molecule has 4 aliphatic carbocycles. The van der Waals surface area contributed by atoms with E-state index in [0.717, 1.165) is 44.1 Å². The van der Waals surface area contributed by atoms with Crippen LogP contribution in [0.25, 0.3) is 0 Å². The largest absolute Gasteiger partial charge is 0.472 e. The number of hydrogen-bond donors (Lipinski definition) is 1. The van der Waals surface area contributed by atoms with Crippen molar-refractivity contribution < 1.29 is 23.8 Å². The normalized spacial score (nSPS) is 49.1. The number of rotatable bonds is 3. The number of aliphatic hydroxyl groups is 1. The molecule has 1 aromatic heterocycles. The number of hydrogen-bond acceptors (Lipinski definition) is 5. The van der Waals surface area contributed by atoms with Crippen LogP contribution in [0.2, 0.25) is 0 Å². The lowest BCUT2D eigenvalue weighted by Crippen LogP contribution is -2.62. The van der Waals surface area contributed by atoms with Crippen molar-refractivity contribution in [3.8, 4) is 0 Å². The lowest BCUT2D eigenvalue weighted by Gasteiger charge is -2.63. The molecule has 1 heterocycles. The van der Waals surface area contributed by atoms with E-state index in [9.17, 15) is 9.90 Å². The van der Waals surface area contributed by atoms with Gasteiger partial charge in [-0.2, -0.15) is 0 Å². The summed E-state index contributed by atoms with van der Waals surface area (Å²) in [5.41, 5.74) is 0.151. The van der Waals surface area contributed by atoms with Gasteiger partial charge in [0.2, 0.25) is 0 Å². The van der Waals surface area contributed by atoms with Gasteiger partial charge in [0, 0.05) is 31.8 Å². The Bertz CT molecular complexity index is 820. The molecule has 0 aliphatic heterocycles. The molecule has 0 unspecified atom stereocenters. The van der Waals surface area contributed by atoms with E-state index in [-0.39, 0.29) is 34.7 Å². The summed E-state index contributed by atoms with van der Waals surface area (Å²) >= 11 is 0. The van der Waals surface area contributed by atoms with Gasteiger partial charge in [-0.05, 0) is 79.7 Å². The number of furan rings is 1. The van der Waals surface area contributed by atoms with E-state index in [2.05, 4.69) is 13.8 Å². The van der Waals surface area contributed by atoms with Crippen molar-refractivity contribution in [2.24, 2.45) is 28.6 Å². The monoisotopic (exact) mass is 430 g/mol. The fourth-order valence-electron chi connectivity index (χ4n) is 8.77. The van der Waals surface area contributed by atoms with Crippen molar-refractivity contribution >= 4 is 5.97 Å². The van der Waals surface area contributed by atoms with Crippen LogP contribution in [0.1, 0.15) is 83.6 Å². The standard InChI is InChI=1S/C26H38O5/c1-16(27)31-22-14-26(28)21-6-5-18-13-19(29-4)7-10-24(18,2)20(21)8-11-25(26,3)23(22)17-9-12-30-15-17/h9,12,15,18-23,28H,5-8,10-11,13-14H2,1-4H3/t18-,19-,20-,21+,22-,23-,24-,25+,26-/m0/s1. The zero-order chi connectivity index (χ0) is 22.0.